The van der Waals surface area contributed by atoms with Crippen LogP contribution in [-0.4, -0.2) is 43.9 Å². The molecule has 0 saturated carbocycles. The van der Waals surface area contributed by atoms with Crippen LogP contribution in [0.5, 0.6) is 0 Å². The molecular formula is C19H25NO8. The number of nitrogens with zero attached hydrogens (tertiary/aromatic N) is 1. The Morgan fingerprint density at radius 1 is 1.36 bits per heavy atom. The number of methoxy groups -OCH3 is 1. The van der Waals surface area contributed by atoms with Crippen LogP contribution in [0.4, 0.5) is 0 Å². The largest absolute Gasteiger partial charge is 0.432 e. The van der Waals surface area contributed by atoms with E-state index in [9.17, 15) is 9.59 Å². The number of rotatable bonds is 5. The van der Waals surface area contributed by atoms with Gasteiger partial charge in [-0.3, -0.25) is 9.59 Å². The predicted octanol–water partition coefficient (Wildman–Crippen LogP) is 1.10. The van der Waals surface area contributed by atoms with Gasteiger partial charge in [0, 0.05) is 38.1 Å². The van der Waals surface area contributed by atoms with Crippen LogP contribution in [0.25, 0.3) is 0 Å². The maximum atomic E-state index is 13.2. The van der Waals surface area contributed by atoms with Gasteiger partial charge in [-0.15, -0.1) is 0 Å². The highest BCUT2D eigenvalue weighted by Crippen LogP contribution is 2.45. The molecule has 0 radical (unpaired) electrons. The van der Waals surface area contributed by atoms with Gasteiger partial charge < -0.3 is 33.0 Å². The molecule has 1 aromatic rings. The molecule has 3 aliphatic heterocycles. The highest BCUT2D eigenvalue weighted by Gasteiger charge is 2.52. The van der Waals surface area contributed by atoms with Gasteiger partial charge in [0.05, 0.1) is 25.5 Å². The molecule has 0 N–H and O–H groups in total. The van der Waals surface area contributed by atoms with Gasteiger partial charge in [0.15, 0.2) is 5.60 Å². The van der Waals surface area contributed by atoms with Crippen LogP contribution in [0.15, 0.2) is 10.9 Å². The highest BCUT2D eigenvalue weighted by atomic mass is 16.7. The van der Waals surface area contributed by atoms with Crippen LogP contribution in [0.2, 0.25) is 0 Å². The number of fused-ring (bicyclic) bond motifs is 3. The molecule has 9 nitrogen and oxygen atoms in total. The van der Waals surface area contributed by atoms with Crippen molar-refractivity contribution in [2.45, 2.75) is 57.5 Å². The minimum atomic E-state index is -1.17. The topological polar surface area (TPSA) is 94.5 Å². The van der Waals surface area contributed by atoms with Crippen molar-refractivity contribution in [3.63, 3.8) is 0 Å². The molecule has 1 spiro atoms. The molecule has 3 aliphatic rings. The Balaban J connectivity index is 1.89. The van der Waals surface area contributed by atoms with Gasteiger partial charge in [0.1, 0.15) is 6.79 Å². The first-order valence-electron chi connectivity index (χ1n) is 9.45. The van der Waals surface area contributed by atoms with Crippen LogP contribution in [0, 0.1) is 0 Å². The van der Waals surface area contributed by atoms with E-state index in [2.05, 4.69) is 0 Å². The lowest BCUT2D eigenvalue weighted by atomic mass is 9.84. The van der Waals surface area contributed by atoms with Crippen LogP contribution < -0.4 is 5.56 Å². The lowest BCUT2D eigenvalue weighted by Gasteiger charge is -2.43. The maximum Gasteiger partial charge on any atom is 0.305 e. The minimum Gasteiger partial charge on any atom is -0.432 e. The van der Waals surface area contributed by atoms with Crippen molar-refractivity contribution in [1.29, 1.82) is 0 Å². The second-order valence-electron chi connectivity index (χ2n) is 7.12. The lowest BCUT2D eigenvalue weighted by Crippen LogP contribution is -2.51. The molecule has 4 rings (SSSR count). The standard InChI is InChI=1S/C19H25NO8/c1-4-18(27-11-23-3)14-9-15-19(25-7-8-26-19)5-6-20(15)16(22)13(14)10-24-17(18)28-12(2)21/h9,17H,4-8,10-11H2,1-3H3/t17?,18-/m0/s1. The zero-order chi connectivity index (χ0) is 19.9. The van der Waals surface area contributed by atoms with Gasteiger partial charge in [-0.25, -0.2) is 0 Å². The number of aromatic nitrogens is 1. The molecule has 28 heavy (non-hydrogen) atoms. The molecule has 1 aromatic heterocycles. The van der Waals surface area contributed by atoms with Gasteiger partial charge in [0.25, 0.3) is 5.56 Å². The van der Waals surface area contributed by atoms with Crippen molar-refractivity contribution in [2.75, 3.05) is 27.1 Å². The summed E-state index contributed by atoms with van der Waals surface area (Å²) in [5.41, 5.74) is 0.438. The zero-order valence-electron chi connectivity index (χ0n) is 16.3. The van der Waals surface area contributed by atoms with E-state index in [0.29, 0.717) is 49.4 Å². The number of hydrogen-bond donors (Lipinski definition) is 0. The van der Waals surface area contributed by atoms with Crippen molar-refractivity contribution < 1.29 is 33.2 Å². The lowest BCUT2D eigenvalue weighted by molar-refractivity contribution is -0.283. The summed E-state index contributed by atoms with van der Waals surface area (Å²) >= 11 is 0. The van der Waals surface area contributed by atoms with E-state index in [1.165, 1.54) is 14.0 Å². The first kappa shape index (κ1) is 19.5. The normalized spacial score (nSPS) is 27.6. The first-order chi connectivity index (χ1) is 13.5. The molecule has 0 bridgehead atoms. The summed E-state index contributed by atoms with van der Waals surface area (Å²) in [6.07, 6.45) is -0.0288. The third-order valence-electron chi connectivity index (χ3n) is 5.66. The van der Waals surface area contributed by atoms with Gasteiger partial charge in [-0.1, -0.05) is 6.92 Å². The average molecular weight is 395 g/mol. The molecule has 0 amide bonds. The molecule has 1 saturated heterocycles. The number of carbonyl (C=O) groups is 1. The van der Waals surface area contributed by atoms with E-state index in [4.69, 9.17) is 28.4 Å². The third-order valence-corrected chi connectivity index (χ3v) is 5.66. The number of esters is 1. The van der Waals surface area contributed by atoms with E-state index in [1.807, 2.05) is 13.0 Å². The summed E-state index contributed by atoms with van der Waals surface area (Å²) in [4.78, 5) is 24.9. The summed E-state index contributed by atoms with van der Waals surface area (Å²) in [6.45, 7) is 4.63. The van der Waals surface area contributed by atoms with Crippen LogP contribution in [0.1, 0.15) is 43.5 Å². The van der Waals surface area contributed by atoms with Gasteiger partial charge in [0.2, 0.25) is 12.1 Å². The van der Waals surface area contributed by atoms with Crippen molar-refractivity contribution in [1.82, 2.24) is 4.57 Å². The SMILES string of the molecule is CC[C@]1(OCOC)c2cc3n(c(=O)c2COC1OC(C)=O)CCC31OCCO1. The maximum absolute atomic E-state index is 13.2. The minimum absolute atomic E-state index is 0.0270. The molecule has 154 valence electrons. The Kier molecular flexibility index (Phi) is 5.05. The summed E-state index contributed by atoms with van der Waals surface area (Å²) in [6, 6.07) is 1.88. The van der Waals surface area contributed by atoms with Crippen molar-refractivity contribution >= 4 is 5.97 Å². The number of hydrogen-bond acceptors (Lipinski definition) is 8. The van der Waals surface area contributed by atoms with Crippen LogP contribution in [-0.2, 0) is 57.8 Å². The van der Waals surface area contributed by atoms with E-state index >= 15 is 0 Å². The third kappa shape index (κ3) is 2.81. The molecule has 0 aliphatic carbocycles. The fourth-order valence-corrected chi connectivity index (χ4v) is 4.35. The molecule has 1 unspecified atom stereocenters. The van der Waals surface area contributed by atoms with Crippen LogP contribution in [0.3, 0.4) is 0 Å². The smallest absolute Gasteiger partial charge is 0.305 e. The Morgan fingerprint density at radius 3 is 2.75 bits per heavy atom. The zero-order valence-corrected chi connectivity index (χ0v) is 16.3. The number of carbonyl (C=O) groups excluding carboxylic acids is 1. The van der Waals surface area contributed by atoms with Crippen molar-refractivity contribution in [2.24, 2.45) is 0 Å². The summed E-state index contributed by atoms with van der Waals surface area (Å²) in [5, 5.41) is 0. The van der Waals surface area contributed by atoms with Gasteiger partial charge in [-0.2, -0.15) is 0 Å². The second kappa shape index (κ2) is 7.23. The van der Waals surface area contributed by atoms with Gasteiger partial charge in [-0.05, 0) is 12.5 Å². The Bertz CT molecular complexity index is 828. The van der Waals surface area contributed by atoms with E-state index in [0.717, 1.165) is 0 Å². The quantitative estimate of drug-likeness (QED) is 0.540. The van der Waals surface area contributed by atoms with Crippen LogP contribution >= 0.6 is 0 Å². The summed E-state index contributed by atoms with van der Waals surface area (Å²) in [7, 11) is 1.50. The predicted molar refractivity (Wildman–Crippen MR) is 94.2 cm³/mol. The average Bonchev–Trinajstić information content (AvgIpc) is 3.30. The highest BCUT2D eigenvalue weighted by molar-refractivity contribution is 5.66. The van der Waals surface area contributed by atoms with E-state index < -0.39 is 23.6 Å². The van der Waals surface area contributed by atoms with E-state index in [-0.39, 0.29) is 19.0 Å². The fourth-order valence-electron chi connectivity index (χ4n) is 4.35. The number of pyridine rings is 1. The Labute approximate surface area is 162 Å². The first-order valence-corrected chi connectivity index (χ1v) is 9.45. The molecule has 4 heterocycles. The van der Waals surface area contributed by atoms with E-state index in [1.54, 1.807) is 4.57 Å². The summed E-state index contributed by atoms with van der Waals surface area (Å²) < 4.78 is 35.8. The molecule has 2 atom stereocenters. The summed E-state index contributed by atoms with van der Waals surface area (Å²) in [5.74, 6) is -1.41. The monoisotopic (exact) mass is 395 g/mol. The van der Waals surface area contributed by atoms with Crippen molar-refractivity contribution in [3.05, 3.63) is 33.2 Å². The number of ether oxygens (including phenoxy) is 6. The van der Waals surface area contributed by atoms with Crippen molar-refractivity contribution in [3.8, 4) is 0 Å². The molecule has 1 fully saturated rings. The molecule has 0 aromatic carbocycles. The fraction of sp³-hybridized carbons (Fsp3) is 0.684. The molecular weight excluding hydrogens is 370 g/mol. The Morgan fingerprint density at radius 2 is 2.11 bits per heavy atom. The van der Waals surface area contributed by atoms with Gasteiger partial charge >= 0.3 is 5.97 Å². The second-order valence-corrected chi connectivity index (χ2v) is 7.12. The Hall–Kier alpha value is -1.78. The molecule has 9 heteroatoms.